The Kier molecular flexibility index (Phi) is 7.21. The Morgan fingerprint density at radius 3 is 2.33 bits per heavy atom. The van der Waals surface area contributed by atoms with Gasteiger partial charge in [0.15, 0.2) is 10.8 Å². The number of nitrogens with zero attached hydrogens (tertiary/aromatic N) is 4. The summed E-state index contributed by atoms with van der Waals surface area (Å²) < 4.78 is 40.3. The van der Waals surface area contributed by atoms with Gasteiger partial charge in [-0.05, 0) is 61.5 Å². The smallest absolute Gasteiger partial charge is 0.372 e. The molecule has 0 atom stereocenters. The number of hydrogen-bond acceptors (Lipinski definition) is 5. The van der Waals surface area contributed by atoms with Crippen LogP contribution >= 0.6 is 12.2 Å². The van der Waals surface area contributed by atoms with Gasteiger partial charge >= 0.3 is 6.18 Å². The second-order valence-corrected chi connectivity index (χ2v) is 9.18. The van der Waals surface area contributed by atoms with Gasteiger partial charge in [-0.25, -0.2) is 4.98 Å². The molecule has 1 aromatic heterocycles. The topological polar surface area (TPSA) is 56.3 Å². The third kappa shape index (κ3) is 6.25. The van der Waals surface area contributed by atoms with E-state index in [0.29, 0.717) is 25.6 Å². The first-order valence-electron chi connectivity index (χ1n) is 11.4. The lowest BCUT2D eigenvalue weighted by atomic mass is 9.99. The largest absolute Gasteiger partial charge is 0.433 e. The van der Waals surface area contributed by atoms with E-state index in [9.17, 15) is 13.2 Å². The van der Waals surface area contributed by atoms with Crippen molar-refractivity contribution >= 4 is 34.8 Å². The normalized spacial score (nSPS) is 17.3. The van der Waals surface area contributed by atoms with Crippen LogP contribution in [0.25, 0.3) is 0 Å². The summed E-state index contributed by atoms with van der Waals surface area (Å²) in [4.78, 5) is 12.2. The number of rotatable bonds is 5. The first kappa shape index (κ1) is 23.5. The standard InChI is InChI=1S/C23H29F3N6S/c1-16-8-12-32(13-9-16)20-14-19(23(24,25)26)28-21(29-20)30-22(33)27-15-17-4-6-18(7-5-17)31-10-2-3-11-31/h4-7,14,16H,2-3,8-13,15H2,1H3,(H2,27,28,29,30,33). The van der Waals surface area contributed by atoms with E-state index in [1.807, 2.05) is 17.0 Å². The van der Waals surface area contributed by atoms with Crippen LogP contribution in [-0.4, -0.2) is 41.3 Å². The summed E-state index contributed by atoms with van der Waals surface area (Å²) in [6.07, 6.45) is -0.280. The summed E-state index contributed by atoms with van der Waals surface area (Å²) in [5.74, 6) is 0.677. The second kappa shape index (κ2) is 10.1. The van der Waals surface area contributed by atoms with Gasteiger partial charge in [-0.3, -0.25) is 0 Å². The van der Waals surface area contributed by atoms with E-state index in [1.54, 1.807) is 0 Å². The van der Waals surface area contributed by atoms with Gasteiger partial charge < -0.3 is 20.4 Å². The van der Waals surface area contributed by atoms with Crippen LogP contribution in [0.5, 0.6) is 0 Å². The molecule has 0 unspecified atom stereocenters. The van der Waals surface area contributed by atoms with Crippen LogP contribution in [0.15, 0.2) is 30.3 Å². The van der Waals surface area contributed by atoms with Crippen LogP contribution in [-0.2, 0) is 12.7 Å². The van der Waals surface area contributed by atoms with Gasteiger partial charge in [0.1, 0.15) is 5.82 Å². The van der Waals surface area contributed by atoms with Gasteiger partial charge in [0, 0.05) is 44.5 Å². The van der Waals surface area contributed by atoms with Crippen LogP contribution < -0.4 is 20.4 Å². The lowest BCUT2D eigenvalue weighted by Crippen LogP contribution is -2.34. The molecule has 33 heavy (non-hydrogen) atoms. The molecule has 0 aliphatic carbocycles. The Labute approximate surface area is 197 Å². The first-order valence-corrected chi connectivity index (χ1v) is 11.8. The van der Waals surface area contributed by atoms with Crippen molar-refractivity contribution in [1.29, 1.82) is 0 Å². The fourth-order valence-corrected chi connectivity index (χ4v) is 4.33. The zero-order valence-corrected chi connectivity index (χ0v) is 19.5. The molecule has 178 valence electrons. The van der Waals surface area contributed by atoms with E-state index < -0.39 is 11.9 Å². The minimum atomic E-state index is -4.57. The molecule has 4 rings (SSSR count). The van der Waals surface area contributed by atoms with Crippen LogP contribution in [0.1, 0.15) is 43.9 Å². The molecule has 0 spiro atoms. The van der Waals surface area contributed by atoms with Gasteiger partial charge in [-0.2, -0.15) is 18.2 Å². The number of nitrogens with one attached hydrogen (secondary N) is 2. The molecule has 2 N–H and O–H groups in total. The van der Waals surface area contributed by atoms with Crippen LogP contribution in [0.4, 0.5) is 30.6 Å². The summed E-state index contributed by atoms with van der Waals surface area (Å²) >= 11 is 5.29. The van der Waals surface area contributed by atoms with E-state index in [-0.39, 0.29) is 16.9 Å². The Hall–Kier alpha value is -2.62. The van der Waals surface area contributed by atoms with Crippen molar-refractivity contribution in [2.75, 3.05) is 41.3 Å². The molecule has 2 saturated heterocycles. The number of halogens is 3. The SMILES string of the molecule is CC1CCN(c2cc(C(F)(F)F)nc(NC(=S)NCc3ccc(N4CCCC4)cc3)n2)CC1. The van der Waals surface area contributed by atoms with Crippen molar-refractivity contribution in [3.8, 4) is 0 Å². The minimum absolute atomic E-state index is 0.152. The van der Waals surface area contributed by atoms with Crippen LogP contribution in [0.3, 0.4) is 0 Å². The summed E-state index contributed by atoms with van der Waals surface area (Å²) in [6.45, 7) is 6.11. The number of benzene rings is 1. The van der Waals surface area contributed by atoms with Crippen LogP contribution in [0.2, 0.25) is 0 Å². The third-order valence-corrected chi connectivity index (χ3v) is 6.44. The van der Waals surface area contributed by atoms with Gasteiger partial charge in [-0.15, -0.1) is 0 Å². The Morgan fingerprint density at radius 1 is 1.03 bits per heavy atom. The minimum Gasteiger partial charge on any atom is -0.372 e. The number of anilines is 3. The Morgan fingerprint density at radius 2 is 1.70 bits per heavy atom. The first-order chi connectivity index (χ1) is 15.8. The molecule has 2 aliphatic rings. The molecule has 0 amide bonds. The van der Waals surface area contributed by atoms with Crippen molar-refractivity contribution in [3.63, 3.8) is 0 Å². The highest BCUT2D eigenvalue weighted by Gasteiger charge is 2.34. The maximum atomic E-state index is 13.4. The average Bonchev–Trinajstić information content (AvgIpc) is 3.33. The quantitative estimate of drug-likeness (QED) is 0.598. The van der Waals surface area contributed by atoms with Crippen molar-refractivity contribution in [1.82, 2.24) is 15.3 Å². The highest BCUT2D eigenvalue weighted by molar-refractivity contribution is 7.80. The number of aromatic nitrogens is 2. The summed E-state index contributed by atoms with van der Waals surface area (Å²) in [5, 5.41) is 5.94. The molecule has 2 aliphatic heterocycles. The van der Waals surface area contributed by atoms with Crippen molar-refractivity contribution in [2.45, 2.75) is 45.3 Å². The lowest BCUT2D eigenvalue weighted by molar-refractivity contribution is -0.141. The Balaban J connectivity index is 1.39. The molecule has 0 bridgehead atoms. The van der Waals surface area contributed by atoms with Crippen molar-refractivity contribution in [2.24, 2.45) is 5.92 Å². The molecule has 10 heteroatoms. The number of piperidine rings is 1. The maximum absolute atomic E-state index is 13.4. The summed E-state index contributed by atoms with van der Waals surface area (Å²) in [5.41, 5.74) is 1.25. The predicted molar refractivity (Wildman–Crippen MR) is 129 cm³/mol. The fraction of sp³-hybridized carbons (Fsp3) is 0.522. The summed E-state index contributed by atoms with van der Waals surface area (Å²) in [6, 6.07) is 9.24. The van der Waals surface area contributed by atoms with E-state index in [1.165, 1.54) is 18.5 Å². The van der Waals surface area contributed by atoms with Gasteiger partial charge in [0.2, 0.25) is 5.95 Å². The second-order valence-electron chi connectivity index (χ2n) is 8.77. The molecule has 0 saturated carbocycles. The fourth-order valence-electron chi connectivity index (χ4n) is 4.16. The average molecular weight is 479 g/mol. The zero-order chi connectivity index (χ0) is 23.4. The molecule has 2 fully saturated rings. The highest BCUT2D eigenvalue weighted by Crippen LogP contribution is 2.31. The van der Waals surface area contributed by atoms with E-state index in [2.05, 4.69) is 44.6 Å². The van der Waals surface area contributed by atoms with E-state index >= 15 is 0 Å². The number of alkyl halides is 3. The molecule has 0 radical (unpaired) electrons. The highest BCUT2D eigenvalue weighted by atomic mass is 32.1. The molecular formula is C23H29F3N6S. The van der Waals surface area contributed by atoms with Gasteiger partial charge in [0.05, 0.1) is 0 Å². The predicted octanol–water partition coefficient (Wildman–Crippen LogP) is 4.82. The molecule has 1 aromatic carbocycles. The van der Waals surface area contributed by atoms with Crippen LogP contribution in [0, 0.1) is 5.92 Å². The molecule has 3 heterocycles. The lowest BCUT2D eigenvalue weighted by Gasteiger charge is -2.31. The van der Waals surface area contributed by atoms with E-state index in [4.69, 9.17) is 12.2 Å². The monoisotopic (exact) mass is 478 g/mol. The van der Waals surface area contributed by atoms with Gasteiger partial charge in [0.25, 0.3) is 0 Å². The number of hydrogen-bond donors (Lipinski definition) is 2. The molecule has 6 nitrogen and oxygen atoms in total. The van der Waals surface area contributed by atoms with Crippen molar-refractivity contribution in [3.05, 3.63) is 41.6 Å². The van der Waals surface area contributed by atoms with Gasteiger partial charge in [-0.1, -0.05) is 19.1 Å². The van der Waals surface area contributed by atoms with Crippen molar-refractivity contribution < 1.29 is 13.2 Å². The summed E-state index contributed by atoms with van der Waals surface area (Å²) in [7, 11) is 0. The Bertz CT molecular complexity index is 952. The molecule has 2 aromatic rings. The maximum Gasteiger partial charge on any atom is 0.433 e. The number of thiocarbonyl (C=S) groups is 1. The third-order valence-electron chi connectivity index (χ3n) is 6.20. The molecular weight excluding hydrogens is 449 g/mol. The van der Waals surface area contributed by atoms with E-state index in [0.717, 1.165) is 37.6 Å². The zero-order valence-electron chi connectivity index (χ0n) is 18.7.